The van der Waals surface area contributed by atoms with Gasteiger partial charge in [0.2, 0.25) is 0 Å². The van der Waals surface area contributed by atoms with Gasteiger partial charge in [-0.25, -0.2) is 0 Å². The molecule has 0 aliphatic heterocycles. The zero-order chi connectivity index (χ0) is 23.4. The molecule has 0 rings (SSSR count). The van der Waals surface area contributed by atoms with Crippen LogP contribution < -0.4 is 0 Å². The Hall–Kier alpha value is 0.0969. The van der Waals surface area contributed by atoms with Gasteiger partial charge in [-0.2, -0.15) is 13.3 Å². The van der Waals surface area contributed by atoms with E-state index in [2.05, 4.69) is 20.8 Å². The first kappa shape index (κ1) is 32.1. The van der Waals surface area contributed by atoms with Crippen LogP contribution in [-0.4, -0.2) is 29.3 Å². The van der Waals surface area contributed by atoms with Crippen LogP contribution >= 0.6 is 0 Å². The molecule has 0 saturated carbocycles. The maximum Gasteiger partial charge on any atom is 0.832 e. The van der Waals surface area contributed by atoms with Gasteiger partial charge in [-0.1, -0.05) is 143 Å². The topological polar surface area (TPSA) is 27.7 Å². The Morgan fingerprint density at radius 1 is 0.312 bits per heavy atom. The molecular weight excluding hydrogens is 412 g/mol. The Kier molecular flexibility index (Phi) is 29.2. The van der Waals surface area contributed by atoms with E-state index in [1.807, 2.05) is 0 Å². The van der Waals surface area contributed by atoms with Gasteiger partial charge in [0.1, 0.15) is 0 Å². The second-order valence-corrected chi connectivity index (χ2v) is 10.9. The van der Waals surface area contributed by atoms with E-state index >= 15 is 0 Å². The van der Waals surface area contributed by atoms with Gasteiger partial charge in [-0.05, 0) is 19.3 Å². The van der Waals surface area contributed by atoms with E-state index in [9.17, 15) is 0 Å². The highest BCUT2D eigenvalue weighted by atomic mass is 28.3. The Labute approximate surface area is 204 Å². The van der Waals surface area contributed by atoms with Gasteiger partial charge >= 0.3 is 9.53 Å². The molecule has 192 valence electrons. The van der Waals surface area contributed by atoms with Crippen molar-refractivity contribution >= 4 is 9.53 Å². The van der Waals surface area contributed by atoms with Crippen molar-refractivity contribution in [3.8, 4) is 0 Å². The number of hydrogen-bond acceptors (Lipinski definition) is 3. The molecule has 0 N–H and O–H groups in total. The molecule has 0 spiro atoms. The lowest BCUT2D eigenvalue weighted by Crippen LogP contribution is -2.28. The van der Waals surface area contributed by atoms with Gasteiger partial charge in [0.25, 0.3) is 0 Å². The molecule has 0 amide bonds. The lowest BCUT2D eigenvalue weighted by Gasteiger charge is -2.04. The van der Waals surface area contributed by atoms with E-state index in [-0.39, 0.29) is 0 Å². The third kappa shape index (κ3) is 26.4. The van der Waals surface area contributed by atoms with Crippen LogP contribution in [0, 0.1) is 0 Å². The molecular formula is C28H59O3Si+. The summed E-state index contributed by atoms with van der Waals surface area (Å²) in [5, 5.41) is 0. The Morgan fingerprint density at radius 3 is 0.781 bits per heavy atom. The van der Waals surface area contributed by atoms with E-state index in [0.29, 0.717) is 0 Å². The van der Waals surface area contributed by atoms with Gasteiger partial charge in [-0.3, -0.25) is 0 Å². The zero-order valence-electron chi connectivity index (χ0n) is 22.4. The third-order valence-electron chi connectivity index (χ3n) is 6.15. The van der Waals surface area contributed by atoms with Crippen molar-refractivity contribution in [3.05, 3.63) is 0 Å². The number of rotatable bonds is 28. The minimum Gasteiger partial charge on any atom is -0.189 e. The maximum absolute atomic E-state index is 6.06. The standard InChI is InChI=1S/C28H59O3Si/c1-4-7-10-13-16-17-18-19-22-25-28-31-32(29-26-23-20-14-11-8-5-2)30-27-24-21-15-12-9-6-3/h4-28H2,1-3H3/q+1. The van der Waals surface area contributed by atoms with Crippen LogP contribution in [0.1, 0.15) is 162 Å². The van der Waals surface area contributed by atoms with Crippen LogP contribution in [0.15, 0.2) is 0 Å². The Balaban J connectivity index is 3.78. The fourth-order valence-corrected chi connectivity index (χ4v) is 5.13. The Bertz CT molecular complexity index is 310. The summed E-state index contributed by atoms with van der Waals surface area (Å²) in [6.45, 7) is 9.23. The quantitative estimate of drug-likeness (QED) is 0.0839. The summed E-state index contributed by atoms with van der Waals surface area (Å²) >= 11 is 0. The van der Waals surface area contributed by atoms with Gasteiger partial charge in [-0.15, -0.1) is 0 Å². The van der Waals surface area contributed by atoms with Crippen molar-refractivity contribution < 1.29 is 13.3 Å². The third-order valence-corrected chi connectivity index (χ3v) is 7.47. The molecule has 3 nitrogen and oxygen atoms in total. The molecule has 0 heterocycles. The molecule has 0 unspecified atom stereocenters. The molecule has 0 aliphatic rings. The monoisotopic (exact) mass is 471 g/mol. The fourth-order valence-electron chi connectivity index (χ4n) is 3.95. The molecule has 0 radical (unpaired) electrons. The number of unbranched alkanes of at least 4 members (excludes halogenated alkanes) is 19. The van der Waals surface area contributed by atoms with Crippen molar-refractivity contribution in [1.82, 2.24) is 0 Å². The lowest BCUT2D eigenvalue weighted by molar-refractivity contribution is 0.0885. The van der Waals surface area contributed by atoms with Crippen molar-refractivity contribution in [2.24, 2.45) is 0 Å². The minimum absolute atomic E-state index is 0.801. The first-order chi connectivity index (χ1) is 15.8. The molecule has 32 heavy (non-hydrogen) atoms. The summed E-state index contributed by atoms with van der Waals surface area (Å²) in [6.07, 6.45) is 29.1. The van der Waals surface area contributed by atoms with E-state index in [0.717, 1.165) is 39.1 Å². The predicted molar refractivity (Wildman–Crippen MR) is 142 cm³/mol. The van der Waals surface area contributed by atoms with Crippen LogP contribution in [0.2, 0.25) is 0 Å². The summed E-state index contributed by atoms with van der Waals surface area (Å²) < 4.78 is 18.1. The highest BCUT2D eigenvalue weighted by molar-refractivity contribution is 6.36. The van der Waals surface area contributed by atoms with Gasteiger partial charge < -0.3 is 0 Å². The molecule has 0 atom stereocenters. The van der Waals surface area contributed by atoms with E-state index in [4.69, 9.17) is 13.3 Å². The summed E-state index contributed by atoms with van der Waals surface area (Å²) in [5.74, 6) is 0. The molecule has 0 aliphatic carbocycles. The average molecular weight is 472 g/mol. The minimum atomic E-state index is -1.55. The second kappa shape index (κ2) is 29.1. The molecule has 0 aromatic heterocycles. The summed E-state index contributed by atoms with van der Waals surface area (Å²) in [7, 11) is -1.55. The Morgan fingerprint density at radius 2 is 0.531 bits per heavy atom. The van der Waals surface area contributed by atoms with Gasteiger partial charge in [0.05, 0.1) is 19.8 Å². The second-order valence-electron chi connectivity index (χ2n) is 9.51. The van der Waals surface area contributed by atoms with Crippen molar-refractivity contribution in [1.29, 1.82) is 0 Å². The SMILES string of the molecule is CCCCCCCCCCCCO[Si+](OCCCCCCCC)OCCCCCCCC. The van der Waals surface area contributed by atoms with Crippen LogP contribution in [0.5, 0.6) is 0 Å². The van der Waals surface area contributed by atoms with Crippen molar-refractivity contribution in [3.63, 3.8) is 0 Å². The number of hydrogen-bond donors (Lipinski definition) is 0. The molecule has 0 saturated heterocycles. The van der Waals surface area contributed by atoms with Crippen molar-refractivity contribution in [2.45, 2.75) is 162 Å². The smallest absolute Gasteiger partial charge is 0.189 e. The van der Waals surface area contributed by atoms with E-state index in [1.54, 1.807) is 0 Å². The first-order valence-electron chi connectivity index (χ1n) is 14.6. The maximum atomic E-state index is 6.06. The molecule has 0 aromatic carbocycles. The molecule has 0 fully saturated rings. The highest BCUT2D eigenvalue weighted by Gasteiger charge is 2.36. The van der Waals surface area contributed by atoms with Gasteiger partial charge in [0.15, 0.2) is 0 Å². The fraction of sp³-hybridized carbons (Fsp3) is 1.00. The molecule has 0 aromatic rings. The van der Waals surface area contributed by atoms with Crippen LogP contribution in [0.25, 0.3) is 0 Å². The predicted octanol–water partition coefficient (Wildman–Crippen LogP) is 9.66. The highest BCUT2D eigenvalue weighted by Crippen LogP contribution is 2.11. The van der Waals surface area contributed by atoms with Crippen molar-refractivity contribution in [2.75, 3.05) is 19.8 Å². The summed E-state index contributed by atoms with van der Waals surface area (Å²) in [4.78, 5) is 0. The lowest BCUT2D eigenvalue weighted by atomic mass is 10.1. The van der Waals surface area contributed by atoms with Gasteiger partial charge in [0, 0.05) is 0 Å². The van der Waals surface area contributed by atoms with Crippen LogP contribution in [-0.2, 0) is 13.3 Å². The largest absolute Gasteiger partial charge is 0.832 e. The molecule has 0 bridgehead atoms. The van der Waals surface area contributed by atoms with E-state index < -0.39 is 9.53 Å². The first-order valence-corrected chi connectivity index (χ1v) is 15.8. The zero-order valence-corrected chi connectivity index (χ0v) is 23.4. The molecule has 4 heteroatoms. The van der Waals surface area contributed by atoms with Crippen LogP contribution in [0.3, 0.4) is 0 Å². The van der Waals surface area contributed by atoms with E-state index in [1.165, 1.54) is 122 Å². The average Bonchev–Trinajstić information content (AvgIpc) is 2.80. The summed E-state index contributed by atoms with van der Waals surface area (Å²) in [5.41, 5.74) is 0. The normalized spacial score (nSPS) is 11.3. The van der Waals surface area contributed by atoms with Crippen LogP contribution in [0.4, 0.5) is 0 Å². The summed E-state index contributed by atoms with van der Waals surface area (Å²) in [6, 6.07) is 0.